The molecule has 1 unspecified atom stereocenters. The Morgan fingerprint density at radius 1 is 1.15 bits per heavy atom. The van der Waals surface area contributed by atoms with Crippen LogP contribution in [-0.4, -0.2) is 32.7 Å². The Hall–Kier alpha value is -2.53. The zero-order chi connectivity index (χ0) is 18.5. The fourth-order valence-corrected chi connectivity index (χ4v) is 3.84. The monoisotopic (exact) mass is 365 g/mol. The molecule has 0 fully saturated rings. The Bertz CT molecular complexity index is 876. The largest absolute Gasteiger partial charge is 0.340 e. The van der Waals surface area contributed by atoms with Crippen LogP contribution in [0.4, 0.5) is 0 Å². The van der Waals surface area contributed by atoms with Crippen LogP contribution in [0.1, 0.15) is 18.1 Å². The molecule has 4 nitrogen and oxygen atoms in total. The summed E-state index contributed by atoms with van der Waals surface area (Å²) in [5, 5.41) is 0.613. The summed E-state index contributed by atoms with van der Waals surface area (Å²) >= 11 is 1.49. The second-order valence-corrected chi connectivity index (χ2v) is 7.61. The summed E-state index contributed by atoms with van der Waals surface area (Å²) in [6.45, 7) is 4.62. The molecule has 0 aliphatic heterocycles. The van der Waals surface area contributed by atoms with Crippen LogP contribution in [0.2, 0.25) is 0 Å². The molecule has 5 heteroatoms. The number of aryl methyl sites for hydroxylation is 1. The van der Waals surface area contributed by atoms with E-state index in [0.717, 1.165) is 16.4 Å². The van der Waals surface area contributed by atoms with Gasteiger partial charge in [-0.25, -0.2) is 4.98 Å². The third kappa shape index (κ3) is 4.17. The molecule has 0 radical (unpaired) electrons. The number of aromatic nitrogens is 2. The number of hydrogen-bond acceptors (Lipinski definition) is 3. The van der Waals surface area contributed by atoms with Crippen molar-refractivity contribution in [3.8, 4) is 5.69 Å². The maximum Gasteiger partial charge on any atom is 0.235 e. The van der Waals surface area contributed by atoms with Crippen LogP contribution in [0.25, 0.3) is 5.69 Å². The van der Waals surface area contributed by atoms with Crippen molar-refractivity contribution in [3.63, 3.8) is 0 Å². The van der Waals surface area contributed by atoms with Gasteiger partial charge in [0.2, 0.25) is 5.91 Å². The topological polar surface area (TPSA) is 38.1 Å². The number of benzene rings is 2. The highest BCUT2D eigenvalue weighted by Gasteiger charge is 2.21. The number of thioether (sulfide) groups is 1. The van der Waals surface area contributed by atoms with E-state index in [4.69, 9.17) is 0 Å². The number of carbonyl (C=O) groups is 1. The summed E-state index contributed by atoms with van der Waals surface area (Å²) in [6, 6.07) is 18.2. The lowest BCUT2D eigenvalue weighted by Crippen LogP contribution is -2.32. The summed E-state index contributed by atoms with van der Waals surface area (Å²) in [7, 11) is 1.85. The molecule has 1 atom stereocenters. The molecule has 0 saturated carbocycles. The van der Waals surface area contributed by atoms with Gasteiger partial charge < -0.3 is 4.90 Å². The van der Waals surface area contributed by atoms with E-state index in [1.54, 1.807) is 11.1 Å². The Balaban J connectivity index is 1.70. The van der Waals surface area contributed by atoms with Gasteiger partial charge in [0.1, 0.15) is 0 Å². The van der Waals surface area contributed by atoms with Gasteiger partial charge in [-0.1, -0.05) is 60.3 Å². The maximum absolute atomic E-state index is 12.8. The van der Waals surface area contributed by atoms with Crippen LogP contribution in [0.5, 0.6) is 0 Å². The highest BCUT2D eigenvalue weighted by Crippen LogP contribution is 2.27. The molecule has 26 heavy (non-hydrogen) atoms. The molecule has 1 amide bonds. The normalized spacial score (nSPS) is 12.0. The highest BCUT2D eigenvalue weighted by atomic mass is 32.2. The lowest BCUT2D eigenvalue weighted by Gasteiger charge is -2.21. The summed E-state index contributed by atoms with van der Waals surface area (Å²) in [6.07, 6.45) is 3.72. The molecular weight excluding hydrogens is 342 g/mol. The van der Waals surface area contributed by atoms with Gasteiger partial charge in [-0.3, -0.25) is 9.36 Å². The minimum absolute atomic E-state index is 0.0955. The molecule has 0 N–H and O–H groups in total. The summed E-state index contributed by atoms with van der Waals surface area (Å²) in [5.74, 6) is 0.0955. The number of amides is 1. The van der Waals surface area contributed by atoms with E-state index < -0.39 is 0 Å². The van der Waals surface area contributed by atoms with Crippen molar-refractivity contribution in [1.29, 1.82) is 0 Å². The highest BCUT2D eigenvalue weighted by molar-refractivity contribution is 8.00. The molecule has 134 valence electrons. The van der Waals surface area contributed by atoms with Crippen LogP contribution in [0, 0.1) is 6.92 Å². The van der Waals surface area contributed by atoms with Crippen LogP contribution >= 0.6 is 11.8 Å². The smallest absolute Gasteiger partial charge is 0.235 e. The minimum Gasteiger partial charge on any atom is -0.340 e. The van der Waals surface area contributed by atoms with E-state index >= 15 is 0 Å². The maximum atomic E-state index is 12.8. The zero-order valence-corrected chi connectivity index (χ0v) is 16.1. The summed E-state index contributed by atoms with van der Waals surface area (Å²) in [5.41, 5.74) is 3.39. The molecule has 3 aromatic rings. The number of nitrogens with zero attached hydrogens (tertiary/aromatic N) is 3. The second kappa shape index (κ2) is 8.23. The van der Waals surface area contributed by atoms with Crippen molar-refractivity contribution >= 4 is 17.7 Å². The SMILES string of the molecule is Cc1ccccc1-n1ccnc1SC(C)C(=O)N(C)Cc1ccccc1. The fraction of sp³-hybridized carbons (Fsp3) is 0.238. The Labute approximate surface area is 158 Å². The first-order valence-corrected chi connectivity index (χ1v) is 9.49. The first-order valence-electron chi connectivity index (χ1n) is 8.61. The first kappa shape index (κ1) is 18.3. The molecule has 0 spiro atoms. The fourth-order valence-electron chi connectivity index (χ4n) is 2.85. The van der Waals surface area contributed by atoms with Crippen LogP contribution in [0.15, 0.2) is 72.1 Å². The Morgan fingerprint density at radius 3 is 2.58 bits per heavy atom. The lowest BCUT2D eigenvalue weighted by atomic mass is 10.2. The van der Waals surface area contributed by atoms with Crippen LogP contribution in [-0.2, 0) is 11.3 Å². The van der Waals surface area contributed by atoms with E-state index in [1.165, 1.54) is 17.3 Å². The number of carbonyl (C=O) groups excluding carboxylic acids is 1. The van der Waals surface area contributed by atoms with Crippen molar-refractivity contribution in [2.75, 3.05) is 7.05 Å². The van der Waals surface area contributed by atoms with Gasteiger partial charge in [0.15, 0.2) is 5.16 Å². The molecule has 0 saturated heterocycles. The Kier molecular flexibility index (Phi) is 5.78. The van der Waals surface area contributed by atoms with E-state index in [-0.39, 0.29) is 11.2 Å². The molecule has 1 aromatic heterocycles. The van der Waals surface area contributed by atoms with Crippen molar-refractivity contribution < 1.29 is 4.79 Å². The quantitative estimate of drug-likeness (QED) is 0.611. The van der Waals surface area contributed by atoms with Gasteiger partial charge in [0, 0.05) is 26.0 Å². The number of imidazole rings is 1. The molecule has 1 heterocycles. The van der Waals surface area contributed by atoms with Crippen molar-refractivity contribution in [1.82, 2.24) is 14.5 Å². The number of hydrogen-bond donors (Lipinski definition) is 0. The lowest BCUT2D eigenvalue weighted by molar-refractivity contribution is -0.129. The average Bonchev–Trinajstić information content (AvgIpc) is 3.10. The van der Waals surface area contributed by atoms with Crippen LogP contribution < -0.4 is 0 Å². The van der Waals surface area contributed by atoms with E-state index in [0.29, 0.717) is 6.54 Å². The standard InChI is InChI=1S/C21H23N3OS/c1-16-9-7-8-12-19(16)24-14-13-22-21(24)26-17(2)20(25)23(3)15-18-10-5-4-6-11-18/h4-14,17H,15H2,1-3H3. The second-order valence-electron chi connectivity index (χ2n) is 6.31. The van der Waals surface area contributed by atoms with Gasteiger partial charge >= 0.3 is 0 Å². The predicted molar refractivity (Wildman–Crippen MR) is 107 cm³/mol. The zero-order valence-electron chi connectivity index (χ0n) is 15.3. The van der Waals surface area contributed by atoms with Crippen molar-refractivity contribution in [3.05, 3.63) is 78.1 Å². The van der Waals surface area contributed by atoms with Gasteiger partial charge in [-0.2, -0.15) is 0 Å². The molecule has 0 aliphatic rings. The molecule has 3 rings (SSSR count). The van der Waals surface area contributed by atoms with Crippen LogP contribution in [0.3, 0.4) is 0 Å². The molecule has 2 aromatic carbocycles. The predicted octanol–water partition coefficient (Wildman–Crippen LogP) is 4.32. The molecule has 0 aliphatic carbocycles. The average molecular weight is 366 g/mol. The number of rotatable bonds is 6. The van der Waals surface area contributed by atoms with E-state index in [9.17, 15) is 4.79 Å². The van der Waals surface area contributed by atoms with Gasteiger partial charge in [0.25, 0.3) is 0 Å². The minimum atomic E-state index is -0.214. The molecular formula is C21H23N3OS. The first-order chi connectivity index (χ1) is 12.6. The Morgan fingerprint density at radius 2 is 1.85 bits per heavy atom. The third-order valence-electron chi connectivity index (χ3n) is 4.25. The van der Waals surface area contributed by atoms with Gasteiger partial charge in [0.05, 0.1) is 10.9 Å². The number of para-hydroxylation sites is 1. The van der Waals surface area contributed by atoms with E-state index in [2.05, 4.69) is 24.0 Å². The van der Waals surface area contributed by atoms with E-state index in [1.807, 2.05) is 67.2 Å². The third-order valence-corrected chi connectivity index (χ3v) is 5.32. The van der Waals surface area contributed by atoms with Gasteiger partial charge in [-0.05, 0) is 31.0 Å². The molecule has 0 bridgehead atoms. The van der Waals surface area contributed by atoms with Crippen molar-refractivity contribution in [2.45, 2.75) is 30.8 Å². The van der Waals surface area contributed by atoms with Crippen molar-refractivity contribution in [2.24, 2.45) is 0 Å². The summed E-state index contributed by atoms with van der Waals surface area (Å²) in [4.78, 5) is 19.0. The van der Waals surface area contributed by atoms with Gasteiger partial charge in [-0.15, -0.1) is 0 Å². The summed E-state index contributed by atoms with van der Waals surface area (Å²) < 4.78 is 2.04.